The molecule has 0 aliphatic carbocycles. The van der Waals surface area contributed by atoms with Gasteiger partial charge in [0.25, 0.3) is 0 Å². The molecule has 0 saturated carbocycles. The number of pyridine rings is 1. The lowest BCUT2D eigenvalue weighted by atomic mass is 10.2. The van der Waals surface area contributed by atoms with Gasteiger partial charge in [-0.15, -0.1) is 11.8 Å². The van der Waals surface area contributed by atoms with Crippen LogP contribution in [0, 0.1) is 0 Å². The minimum absolute atomic E-state index is 0.0437. The number of rotatable bonds is 2. The highest BCUT2D eigenvalue weighted by atomic mass is 32.2. The second-order valence-electron chi connectivity index (χ2n) is 3.45. The van der Waals surface area contributed by atoms with E-state index in [-0.39, 0.29) is 16.6 Å². The van der Waals surface area contributed by atoms with Gasteiger partial charge in [0.2, 0.25) is 0 Å². The van der Waals surface area contributed by atoms with Crippen LogP contribution >= 0.6 is 11.8 Å². The predicted molar refractivity (Wildman–Crippen MR) is 63.5 cm³/mol. The fourth-order valence-corrected chi connectivity index (χ4v) is 2.77. The van der Waals surface area contributed by atoms with Crippen molar-refractivity contribution in [3.8, 4) is 0 Å². The van der Waals surface area contributed by atoms with Crippen LogP contribution in [0.25, 0.3) is 0 Å². The number of esters is 1. The molecule has 1 aromatic rings. The van der Waals surface area contributed by atoms with Crippen LogP contribution in [0.2, 0.25) is 0 Å². The van der Waals surface area contributed by atoms with Crippen molar-refractivity contribution in [2.24, 2.45) is 4.99 Å². The van der Waals surface area contributed by atoms with Crippen molar-refractivity contribution in [2.45, 2.75) is 17.5 Å². The van der Waals surface area contributed by atoms with Crippen molar-refractivity contribution < 1.29 is 9.53 Å². The number of aromatic nitrogens is 1. The first kappa shape index (κ1) is 11.1. The number of carbonyl (C=O) groups excluding carboxylic acids is 1. The van der Waals surface area contributed by atoms with E-state index in [0.29, 0.717) is 0 Å². The number of hydrogen-bond acceptors (Lipinski definition) is 5. The summed E-state index contributed by atoms with van der Waals surface area (Å²) in [7, 11) is 1.40. The first-order valence-electron chi connectivity index (χ1n) is 4.90. The molecule has 0 N–H and O–H groups in total. The highest BCUT2D eigenvalue weighted by Crippen LogP contribution is 2.39. The van der Waals surface area contributed by atoms with E-state index < -0.39 is 0 Å². The van der Waals surface area contributed by atoms with Crippen LogP contribution in [-0.2, 0) is 9.53 Å². The summed E-state index contributed by atoms with van der Waals surface area (Å²) in [5.41, 5.74) is 1.82. The average molecular weight is 236 g/mol. The molecule has 2 heterocycles. The fraction of sp³-hybridized carbons (Fsp3) is 0.364. The topological polar surface area (TPSA) is 51.5 Å². The maximum Gasteiger partial charge on any atom is 0.324 e. The summed E-state index contributed by atoms with van der Waals surface area (Å²) in [6, 6.07) is 3.83. The van der Waals surface area contributed by atoms with E-state index in [4.69, 9.17) is 4.74 Å². The van der Waals surface area contributed by atoms with Gasteiger partial charge in [-0.25, -0.2) is 0 Å². The normalized spacial score (nSPS) is 24.0. The monoisotopic (exact) mass is 236 g/mol. The lowest BCUT2D eigenvalue weighted by Gasteiger charge is -2.09. The number of thioether (sulfide) groups is 1. The highest BCUT2D eigenvalue weighted by Gasteiger charge is 2.33. The molecule has 0 bridgehead atoms. The van der Waals surface area contributed by atoms with Gasteiger partial charge in [-0.05, 0) is 13.0 Å². The van der Waals surface area contributed by atoms with Gasteiger partial charge in [0.1, 0.15) is 10.6 Å². The third-order valence-corrected chi connectivity index (χ3v) is 3.79. The second kappa shape index (κ2) is 4.65. The van der Waals surface area contributed by atoms with Crippen LogP contribution < -0.4 is 0 Å². The van der Waals surface area contributed by atoms with Crippen LogP contribution in [0.1, 0.15) is 17.9 Å². The van der Waals surface area contributed by atoms with Gasteiger partial charge in [0, 0.05) is 23.7 Å². The van der Waals surface area contributed by atoms with E-state index in [2.05, 4.69) is 9.98 Å². The van der Waals surface area contributed by atoms with Crippen molar-refractivity contribution in [3.05, 3.63) is 30.1 Å². The van der Waals surface area contributed by atoms with E-state index in [9.17, 15) is 4.79 Å². The van der Waals surface area contributed by atoms with Gasteiger partial charge < -0.3 is 4.74 Å². The second-order valence-corrected chi connectivity index (χ2v) is 4.64. The average Bonchev–Trinajstić information content (AvgIpc) is 2.71. The summed E-state index contributed by atoms with van der Waals surface area (Å²) in [6.07, 6.45) is 3.49. The van der Waals surface area contributed by atoms with Gasteiger partial charge >= 0.3 is 5.97 Å². The Morgan fingerprint density at radius 3 is 3.00 bits per heavy atom. The van der Waals surface area contributed by atoms with Gasteiger partial charge in [0.05, 0.1) is 7.11 Å². The zero-order chi connectivity index (χ0) is 11.5. The molecule has 1 aromatic heterocycles. The molecule has 84 valence electrons. The molecule has 2 unspecified atom stereocenters. The molecule has 1 aliphatic rings. The first-order valence-corrected chi connectivity index (χ1v) is 5.84. The molecule has 0 radical (unpaired) electrons. The minimum Gasteiger partial charge on any atom is -0.468 e. The van der Waals surface area contributed by atoms with Gasteiger partial charge in [-0.3, -0.25) is 14.8 Å². The number of methoxy groups -OCH3 is 1. The van der Waals surface area contributed by atoms with Crippen LogP contribution in [0.5, 0.6) is 0 Å². The molecule has 0 saturated heterocycles. The highest BCUT2D eigenvalue weighted by molar-refractivity contribution is 8.01. The maximum absolute atomic E-state index is 11.5. The van der Waals surface area contributed by atoms with Crippen LogP contribution in [0.3, 0.4) is 0 Å². The van der Waals surface area contributed by atoms with Gasteiger partial charge in [0.15, 0.2) is 0 Å². The maximum atomic E-state index is 11.5. The van der Waals surface area contributed by atoms with Gasteiger partial charge in [-0.2, -0.15) is 0 Å². The summed E-state index contributed by atoms with van der Waals surface area (Å²) in [5, 5.41) is -0.326. The zero-order valence-electron chi connectivity index (χ0n) is 9.08. The molecule has 4 nitrogen and oxygen atoms in total. The lowest BCUT2D eigenvalue weighted by Crippen LogP contribution is -2.23. The van der Waals surface area contributed by atoms with E-state index in [0.717, 1.165) is 11.3 Å². The summed E-state index contributed by atoms with van der Waals surface area (Å²) in [5.74, 6) is -0.238. The summed E-state index contributed by atoms with van der Waals surface area (Å²) in [4.78, 5) is 20.0. The van der Waals surface area contributed by atoms with Crippen molar-refractivity contribution in [2.75, 3.05) is 7.11 Å². The molecular weight excluding hydrogens is 224 g/mol. The molecular formula is C11H12N2O2S. The quantitative estimate of drug-likeness (QED) is 0.735. The summed E-state index contributed by atoms with van der Waals surface area (Å²) in [6.45, 7) is 1.85. The molecule has 2 rings (SSSR count). The van der Waals surface area contributed by atoms with Crippen molar-refractivity contribution in [1.29, 1.82) is 0 Å². The minimum atomic E-state index is -0.282. The summed E-state index contributed by atoms with van der Waals surface area (Å²) >= 11 is 1.49. The first-order chi connectivity index (χ1) is 7.72. The van der Waals surface area contributed by atoms with Crippen LogP contribution in [0.15, 0.2) is 29.5 Å². The number of hydrogen-bond donors (Lipinski definition) is 0. The molecule has 0 fully saturated rings. The third kappa shape index (κ3) is 2.09. The van der Waals surface area contributed by atoms with Crippen molar-refractivity contribution >= 4 is 23.4 Å². The Morgan fingerprint density at radius 2 is 2.38 bits per heavy atom. The molecule has 16 heavy (non-hydrogen) atoms. The molecule has 5 heteroatoms. The van der Waals surface area contributed by atoms with Crippen molar-refractivity contribution in [1.82, 2.24) is 4.98 Å². The molecule has 0 aromatic carbocycles. The van der Waals surface area contributed by atoms with Gasteiger partial charge in [-0.1, -0.05) is 6.07 Å². The Balaban J connectivity index is 2.16. The Hall–Kier alpha value is -1.36. The van der Waals surface area contributed by atoms with E-state index >= 15 is 0 Å². The third-order valence-electron chi connectivity index (χ3n) is 2.35. The number of ether oxygens (including phenoxy) is 1. The SMILES string of the molecule is COC(=O)C1SC(c2cccnc2)N=C1C. The van der Waals surface area contributed by atoms with Crippen LogP contribution in [-0.4, -0.2) is 29.0 Å². The smallest absolute Gasteiger partial charge is 0.324 e. The van der Waals surface area contributed by atoms with E-state index in [1.54, 1.807) is 12.4 Å². The summed E-state index contributed by atoms with van der Waals surface area (Å²) < 4.78 is 4.73. The lowest BCUT2D eigenvalue weighted by molar-refractivity contribution is -0.138. The Bertz CT molecular complexity index is 419. The van der Waals surface area contributed by atoms with Crippen LogP contribution in [0.4, 0.5) is 0 Å². The molecule has 2 atom stereocenters. The van der Waals surface area contributed by atoms with E-state index in [1.165, 1.54) is 18.9 Å². The van der Waals surface area contributed by atoms with Crippen molar-refractivity contribution in [3.63, 3.8) is 0 Å². The molecule has 0 amide bonds. The number of aliphatic imine (C=N–C) groups is 1. The Kier molecular flexibility index (Phi) is 3.24. The molecule has 1 aliphatic heterocycles. The predicted octanol–water partition coefficient (Wildman–Crippen LogP) is 1.83. The number of nitrogens with zero attached hydrogens (tertiary/aromatic N) is 2. The number of carbonyl (C=O) groups is 1. The Morgan fingerprint density at radius 1 is 1.56 bits per heavy atom. The molecule has 0 spiro atoms. The zero-order valence-corrected chi connectivity index (χ0v) is 9.90. The Labute approximate surface area is 98.1 Å². The largest absolute Gasteiger partial charge is 0.468 e. The standard InChI is InChI=1S/C11H12N2O2S/c1-7-9(11(14)15-2)16-10(13-7)8-4-3-5-12-6-8/h3-6,9-10H,1-2H3. The fourth-order valence-electron chi connectivity index (χ4n) is 1.52. The van der Waals surface area contributed by atoms with E-state index in [1.807, 2.05) is 19.1 Å².